The van der Waals surface area contributed by atoms with Gasteiger partial charge in [0.25, 0.3) is 11.5 Å². The summed E-state index contributed by atoms with van der Waals surface area (Å²) in [6.45, 7) is -0.0947. The topological polar surface area (TPSA) is 124 Å². The quantitative estimate of drug-likeness (QED) is 0.178. The number of hydrogen-bond acceptors (Lipinski definition) is 6. The Balaban J connectivity index is 1.48. The standard InChI is InChI=1S/C29H24N4O4/c34-17-5-10-24(35)21-8-4-9-22-25(21)29(37)33-27-26(22)23(15-16-30-27)31-19-11-13-20(14-12-19)32-28(36)18-6-2-1-3-7-18/h1-4,6-9,11-16,34H,5,10,17H2,(H,32,36)(H2,30,31,33,37). The predicted molar refractivity (Wildman–Crippen MR) is 145 cm³/mol. The van der Waals surface area contributed by atoms with Crippen molar-refractivity contribution in [2.45, 2.75) is 12.8 Å². The van der Waals surface area contributed by atoms with Gasteiger partial charge in [0.2, 0.25) is 0 Å². The van der Waals surface area contributed by atoms with Crippen LogP contribution < -0.4 is 16.2 Å². The lowest BCUT2D eigenvalue weighted by Gasteiger charge is -2.13. The Labute approximate surface area is 212 Å². The number of aromatic nitrogens is 2. The zero-order valence-corrected chi connectivity index (χ0v) is 19.8. The summed E-state index contributed by atoms with van der Waals surface area (Å²) >= 11 is 0. The molecule has 5 aromatic rings. The minimum Gasteiger partial charge on any atom is -0.396 e. The number of benzene rings is 3. The predicted octanol–water partition coefficient (Wildman–Crippen LogP) is 5.03. The minimum absolute atomic E-state index is 0.0947. The molecule has 1 amide bonds. The molecule has 0 fully saturated rings. The Morgan fingerprint density at radius 3 is 2.38 bits per heavy atom. The Hall–Kier alpha value is -4.82. The van der Waals surface area contributed by atoms with Gasteiger partial charge in [-0.05, 0) is 48.9 Å². The van der Waals surface area contributed by atoms with Crippen LogP contribution >= 0.6 is 0 Å². The van der Waals surface area contributed by atoms with E-state index in [1.54, 1.807) is 54.7 Å². The number of Topliss-reactive ketones (excluding diaryl/α,β-unsaturated/α-hetero) is 1. The number of ketones is 1. The lowest BCUT2D eigenvalue weighted by molar-refractivity contribution is 0.0971. The molecule has 8 heteroatoms. The number of H-pyrrole nitrogens is 1. The molecular formula is C29H24N4O4. The summed E-state index contributed by atoms with van der Waals surface area (Å²) in [5, 5.41) is 16.9. The molecule has 2 heterocycles. The fraction of sp³-hybridized carbons (Fsp3) is 0.103. The highest BCUT2D eigenvalue weighted by atomic mass is 16.3. The van der Waals surface area contributed by atoms with Gasteiger partial charge >= 0.3 is 0 Å². The van der Waals surface area contributed by atoms with Gasteiger partial charge in [-0.1, -0.05) is 36.4 Å². The summed E-state index contributed by atoms with van der Waals surface area (Å²) in [7, 11) is 0. The molecule has 2 aromatic heterocycles. The number of fused-ring (bicyclic) bond motifs is 3. The first kappa shape index (κ1) is 23.9. The van der Waals surface area contributed by atoms with Gasteiger partial charge in [-0.25, -0.2) is 4.98 Å². The summed E-state index contributed by atoms with van der Waals surface area (Å²) in [4.78, 5) is 45.2. The Morgan fingerprint density at radius 2 is 1.62 bits per heavy atom. The number of carbonyl (C=O) groups is 2. The number of aliphatic hydroxyl groups excluding tert-OH is 1. The molecule has 0 aliphatic rings. The van der Waals surface area contributed by atoms with Gasteiger partial charge in [0.1, 0.15) is 5.65 Å². The average molecular weight is 493 g/mol. The van der Waals surface area contributed by atoms with Crippen molar-refractivity contribution in [2.24, 2.45) is 0 Å². The largest absolute Gasteiger partial charge is 0.396 e. The zero-order valence-electron chi connectivity index (χ0n) is 19.8. The van der Waals surface area contributed by atoms with Crippen LogP contribution in [0.25, 0.3) is 21.8 Å². The Morgan fingerprint density at radius 1 is 0.865 bits per heavy atom. The number of pyridine rings is 2. The second-order valence-corrected chi connectivity index (χ2v) is 8.54. The number of aromatic amines is 1. The number of amides is 1. The minimum atomic E-state index is -0.390. The first-order valence-electron chi connectivity index (χ1n) is 11.9. The molecule has 0 aliphatic carbocycles. The monoisotopic (exact) mass is 492 g/mol. The van der Waals surface area contributed by atoms with Crippen molar-refractivity contribution in [3.05, 3.63) is 107 Å². The summed E-state index contributed by atoms with van der Waals surface area (Å²) in [6.07, 6.45) is 2.08. The number of carbonyl (C=O) groups excluding carboxylic acids is 2. The number of hydrogen-bond donors (Lipinski definition) is 4. The summed E-state index contributed by atoms with van der Waals surface area (Å²) in [5.41, 5.74) is 3.02. The maximum absolute atomic E-state index is 12.9. The normalized spacial score (nSPS) is 10.9. The van der Waals surface area contributed by atoms with Gasteiger partial charge in [0.05, 0.1) is 11.1 Å². The van der Waals surface area contributed by atoms with E-state index in [2.05, 4.69) is 20.6 Å². The van der Waals surface area contributed by atoms with E-state index in [0.29, 0.717) is 50.7 Å². The highest BCUT2D eigenvalue weighted by Crippen LogP contribution is 2.31. The zero-order chi connectivity index (χ0) is 25.8. The first-order valence-corrected chi connectivity index (χ1v) is 11.9. The number of nitrogens with one attached hydrogen (secondary N) is 3. The third-order valence-electron chi connectivity index (χ3n) is 6.06. The molecule has 0 saturated heterocycles. The van der Waals surface area contributed by atoms with Crippen molar-refractivity contribution in [3.63, 3.8) is 0 Å². The van der Waals surface area contributed by atoms with Crippen molar-refractivity contribution in [1.82, 2.24) is 9.97 Å². The van der Waals surface area contributed by atoms with Crippen molar-refractivity contribution >= 4 is 50.6 Å². The van der Waals surface area contributed by atoms with Gasteiger partial charge < -0.3 is 20.7 Å². The molecule has 0 spiro atoms. The van der Waals surface area contributed by atoms with Crippen LogP contribution in [-0.4, -0.2) is 33.4 Å². The Kier molecular flexibility index (Phi) is 6.74. The van der Waals surface area contributed by atoms with Gasteiger partial charge in [0, 0.05) is 52.5 Å². The van der Waals surface area contributed by atoms with Crippen LogP contribution in [0.2, 0.25) is 0 Å². The second kappa shape index (κ2) is 10.4. The summed E-state index contributed by atoms with van der Waals surface area (Å²) < 4.78 is 0. The van der Waals surface area contributed by atoms with Crippen LogP contribution in [-0.2, 0) is 0 Å². The molecule has 0 radical (unpaired) electrons. The lowest BCUT2D eigenvalue weighted by Crippen LogP contribution is -2.13. The highest BCUT2D eigenvalue weighted by Gasteiger charge is 2.17. The van der Waals surface area contributed by atoms with E-state index >= 15 is 0 Å². The van der Waals surface area contributed by atoms with Gasteiger partial charge in [0.15, 0.2) is 5.78 Å². The van der Waals surface area contributed by atoms with Crippen LogP contribution in [0.1, 0.15) is 33.6 Å². The molecule has 0 aliphatic heterocycles. The van der Waals surface area contributed by atoms with E-state index in [0.717, 1.165) is 5.69 Å². The van der Waals surface area contributed by atoms with E-state index in [1.165, 1.54) is 0 Å². The molecule has 4 N–H and O–H groups in total. The van der Waals surface area contributed by atoms with Crippen molar-refractivity contribution in [2.75, 3.05) is 17.2 Å². The smallest absolute Gasteiger partial charge is 0.258 e. The number of anilines is 3. The van der Waals surface area contributed by atoms with Crippen LogP contribution in [0, 0.1) is 0 Å². The maximum Gasteiger partial charge on any atom is 0.258 e. The van der Waals surface area contributed by atoms with Crippen LogP contribution in [0.5, 0.6) is 0 Å². The van der Waals surface area contributed by atoms with E-state index in [9.17, 15) is 14.4 Å². The Bertz CT molecular complexity index is 1660. The maximum atomic E-state index is 12.9. The van der Waals surface area contributed by atoms with Crippen LogP contribution in [0.3, 0.4) is 0 Å². The fourth-order valence-corrected chi connectivity index (χ4v) is 4.30. The molecule has 37 heavy (non-hydrogen) atoms. The first-order chi connectivity index (χ1) is 18.0. The van der Waals surface area contributed by atoms with E-state index in [4.69, 9.17) is 5.11 Å². The van der Waals surface area contributed by atoms with Crippen molar-refractivity contribution < 1.29 is 14.7 Å². The number of nitrogens with zero attached hydrogens (tertiary/aromatic N) is 1. The van der Waals surface area contributed by atoms with Crippen LogP contribution in [0.15, 0.2) is 89.9 Å². The fourth-order valence-electron chi connectivity index (χ4n) is 4.30. The molecule has 0 saturated carbocycles. The van der Waals surface area contributed by atoms with Crippen molar-refractivity contribution in [3.8, 4) is 0 Å². The highest BCUT2D eigenvalue weighted by molar-refractivity contribution is 6.17. The SMILES string of the molecule is O=C(Nc1ccc(Nc2ccnc3[nH]c(=O)c4c(C(=O)CCCO)cccc4c23)cc1)c1ccccc1. The van der Waals surface area contributed by atoms with Gasteiger partial charge in [-0.3, -0.25) is 14.4 Å². The average Bonchev–Trinajstić information content (AvgIpc) is 2.93. The third kappa shape index (κ3) is 4.96. The molecule has 184 valence electrons. The molecule has 0 bridgehead atoms. The molecule has 0 unspecified atom stereocenters. The van der Waals surface area contributed by atoms with E-state index < -0.39 is 5.56 Å². The van der Waals surface area contributed by atoms with Crippen LogP contribution in [0.4, 0.5) is 17.1 Å². The third-order valence-corrected chi connectivity index (χ3v) is 6.06. The molecule has 8 nitrogen and oxygen atoms in total. The number of aliphatic hydroxyl groups is 1. The lowest BCUT2D eigenvalue weighted by atomic mass is 9.98. The molecular weight excluding hydrogens is 468 g/mol. The van der Waals surface area contributed by atoms with Gasteiger partial charge in [-0.15, -0.1) is 0 Å². The summed E-state index contributed by atoms with van der Waals surface area (Å²) in [6, 6.07) is 23.2. The second-order valence-electron chi connectivity index (χ2n) is 8.54. The van der Waals surface area contributed by atoms with Crippen molar-refractivity contribution in [1.29, 1.82) is 0 Å². The molecule has 5 rings (SSSR count). The van der Waals surface area contributed by atoms with Gasteiger partial charge in [-0.2, -0.15) is 0 Å². The summed E-state index contributed by atoms with van der Waals surface area (Å²) in [5.74, 6) is -0.391. The molecule has 0 atom stereocenters. The number of rotatable bonds is 8. The van der Waals surface area contributed by atoms with E-state index in [-0.39, 0.29) is 24.7 Å². The molecule has 3 aromatic carbocycles. The van der Waals surface area contributed by atoms with E-state index in [1.807, 2.05) is 30.3 Å².